The molecule has 0 amide bonds. The number of aryl methyl sites for hydroxylation is 1. The highest BCUT2D eigenvalue weighted by molar-refractivity contribution is 7.12. The molecule has 2 heterocycles. The van der Waals surface area contributed by atoms with E-state index in [2.05, 4.69) is 31.3 Å². The van der Waals surface area contributed by atoms with Gasteiger partial charge in [0.15, 0.2) is 0 Å². The Bertz CT molecular complexity index is 361. The second kappa shape index (κ2) is 4.33. The van der Waals surface area contributed by atoms with E-state index in [1.807, 2.05) is 0 Å². The number of hydrogen-bond acceptors (Lipinski definition) is 4. The van der Waals surface area contributed by atoms with E-state index in [4.69, 9.17) is 4.74 Å². The van der Waals surface area contributed by atoms with Gasteiger partial charge in [0.1, 0.15) is 6.04 Å². The van der Waals surface area contributed by atoms with Crippen molar-refractivity contribution in [1.29, 1.82) is 0 Å². The number of rotatable bonds is 3. The van der Waals surface area contributed by atoms with Crippen molar-refractivity contribution in [1.82, 2.24) is 5.32 Å². The molecule has 0 bridgehead atoms. The summed E-state index contributed by atoms with van der Waals surface area (Å²) in [7, 11) is 0. The summed E-state index contributed by atoms with van der Waals surface area (Å²) in [5.74, 6) is -0.116. The fourth-order valence-electron chi connectivity index (χ4n) is 1.72. The van der Waals surface area contributed by atoms with Crippen molar-refractivity contribution in [3.8, 4) is 0 Å². The van der Waals surface area contributed by atoms with Gasteiger partial charge in [0.05, 0.1) is 6.61 Å². The molecule has 1 aliphatic heterocycles. The van der Waals surface area contributed by atoms with Crippen molar-refractivity contribution in [2.24, 2.45) is 0 Å². The summed E-state index contributed by atoms with van der Waals surface area (Å²) < 4.78 is 4.91. The van der Waals surface area contributed by atoms with Gasteiger partial charge < -0.3 is 4.74 Å². The van der Waals surface area contributed by atoms with Crippen molar-refractivity contribution < 1.29 is 9.53 Å². The molecule has 1 saturated heterocycles. The first kappa shape index (κ1) is 10.6. The van der Waals surface area contributed by atoms with Crippen LogP contribution in [0.3, 0.4) is 0 Å². The lowest BCUT2D eigenvalue weighted by molar-refractivity contribution is -0.139. The van der Waals surface area contributed by atoms with Crippen molar-refractivity contribution in [2.75, 3.05) is 6.61 Å². The van der Waals surface area contributed by atoms with Gasteiger partial charge in [-0.15, -0.1) is 11.3 Å². The Hall–Kier alpha value is -0.870. The molecule has 1 aromatic heterocycles. The van der Waals surface area contributed by atoms with Gasteiger partial charge in [-0.1, -0.05) is 0 Å². The highest BCUT2D eigenvalue weighted by atomic mass is 32.1. The zero-order valence-electron chi connectivity index (χ0n) is 8.95. The third-order valence-electron chi connectivity index (χ3n) is 2.57. The normalized spacial score (nSPS) is 22.8. The first-order chi connectivity index (χ1) is 7.16. The summed E-state index contributed by atoms with van der Waals surface area (Å²) in [5.41, 5.74) is 0. The minimum atomic E-state index is -0.123. The fourth-order valence-corrected chi connectivity index (χ4v) is 2.61. The predicted molar refractivity (Wildman–Crippen MR) is 60.0 cm³/mol. The zero-order valence-corrected chi connectivity index (χ0v) is 9.76. The minimum Gasteiger partial charge on any atom is -0.464 e. The summed E-state index contributed by atoms with van der Waals surface area (Å²) in [6, 6.07) is 4.31. The van der Waals surface area contributed by atoms with E-state index in [1.54, 1.807) is 11.3 Å². The van der Waals surface area contributed by atoms with Gasteiger partial charge in [-0.3, -0.25) is 10.1 Å². The highest BCUT2D eigenvalue weighted by Gasteiger charge is 2.27. The summed E-state index contributed by atoms with van der Waals surface area (Å²) in [5, 5.41) is 3.29. The number of esters is 1. The number of hydrogen-bond donors (Lipinski definition) is 1. The molecule has 4 heteroatoms. The molecule has 2 unspecified atom stereocenters. The molecule has 15 heavy (non-hydrogen) atoms. The first-order valence-electron chi connectivity index (χ1n) is 5.16. The van der Waals surface area contributed by atoms with Crippen LogP contribution in [-0.2, 0) is 9.53 Å². The molecule has 1 N–H and O–H groups in total. The Balaban J connectivity index is 1.97. The molecule has 82 valence electrons. The van der Waals surface area contributed by atoms with E-state index in [9.17, 15) is 4.79 Å². The lowest BCUT2D eigenvalue weighted by Gasteiger charge is -2.15. The monoisotopic (exact) mass is 225 g/mol. The maximum absolute atomic E-state index is 11.3. The SMILES string of the molecule is Cc1ccc(C(C)NC2CCOC2=O)s1. The van der Waals surface area contributed by atoms with Crippen molar-refractivity contribution in [3.05, 3.63) is 21.9 Å². The van der Waals surface area contributed by atoms with E-state index < -0.39 is 0 Å². The third-order valence-corrected chi connectivity index (χ3v) is 3.76. The van der Waals surface area contributed by atoms with E-state index in [1.165, 1.54) is 9.75 Å². The molecule has 1 aromatic rings. The van der Waals surface area contributed by atoms with E-state index in [0.717, 1.165) is 6.42 Å². The molecule has 3 nitrogen and oxygen atoms in total. The Morgan fingerprint density at radius 2 is 2.40 bits per heavy atom. The number of carbonyl (C=O) groups is 1. The van der Waals surface area contributed by atoms with Gasteiger partial charge in [0.2, 0.25) is 0 Å². The smallest absolute Gasteiger partial charge is 0.323 e. The average Bonchev–Trinajstić information content (AvgIpc) is 2.77. The van der Waals surface area contributed by atoms with Crippen LogP contribution in [0.1, 0.15) is 29.1 Å². The average molecular weight is 225 g/mol. The van der Waals surface area contributed by atoms with Crippen LogP contribution >= 0.6 is 11.3 Å². The Kier molecular flexibility index (Phi) is 3.07. The number of thiophene rings is 1. The predicted octanol–water partition coefficient (Wildman–Crippen LogP) is 2.02. The molecule has 0 radical (unpaired) electrons. The minimum absolute atomic E-state index is 0.116. The van der Waals surface area contributed by atoms with Crippen LogP contribution < -0.4 is 5.32 Å². The van der Waals surface area contributed by atoms with Crippen LogP contribution in [0.15, 0.2) is 12.1 Å². The quantitative estimate of drug-likeness (QED) is 0.800. The van der Waals surface area contributed by atoms with Crippen molar-refractivity contribution in [3.63, 3.8) is 0 Å². The van der Waals surface area contributed by atoms with Gasteiger partial charge in [-0.05, 0) is 26.0 Å². The second-order valence-corrected chi connectivity index (χ2v) is 5.17. The van der Waals surface area contributed by atoms with Gasteiger partial charge >= 0.3 is 5.97 Å². The zero-order chi connectivity index (χ0) is 10.8. The fraction of sp³-hybridized carbons (Fsp3) is 0.545. The van der Waals surface area contributed by atoms with Crippen LogP contribution in [0.5, 0.6) is 0 Å². The molecular formula is C11H15NO2S. The van der Waals surface area contributed by atoms with Gasteiger partial charge in [-0.2, -0.15) is 0 Å². The second-order valence-electron chi connectivity index (χ2n) is 3.85. The molecule has 2 rings (SSSR count). The first-order valence-corrected chi connectivity index (χ1v) is 5.97. The topological polar surface area (TPSA) is 38.3 Å². The van der Waals surface area contributed by atoms with E-state index in [0.29, 0.717) is 6.61 Å². The lowest BCUT2D eigenvalue weighted by atomic mass is 10.2. The van der Waals surface area contributed by atoms with Crippen LogP contribution in [0, 0.1) is 6.92 Å². The maximum Gasteiger partial charge on any atom is 0.323 e. The maximum atomic E-state index is 11.3. The number of carbonyl (C=O) groups excluding carboxylic acids is 1. The largest absolute Gasteiger partial charge is 0.464 e. The van der Waals surface area contributed by atoms with Crippen LogP contribution in [0.2, 0.25) is 0 Å². The highest BCUT2D eigenvalue weighted by Crippen LogP contribution is 2.23. The lowest BCUT2D eigenvalue weighted by Crippen LogP contribution is -2.34. The Morgan fingerprint density at radius 1 is 1.60 bits per heavy atom. The van der Waals surface area contributed by atoms with Crippen LogP contribution in [0.25, 0.3) is 0 Å². The van der Waals surface area contributed by atoms with Gasteiger partial charge in [0.25, 0.3) is 0 Å². The molecule has 1 aliphatic rings. The van der Waals surface area contributed by atoms with Gasteiger partial charge in [-0.25, -0.2) is 0 Å². The third kappa shape index (κ3) is 2.38. The Morgan fingerprint density at radius 3 is 2.93 bits per heavy atom. The van der Waals surface area contributed by atoms with Crippen LogP contribution in [-0.4, -0.2) is 18.6 Å². The van der Waals surface area contributed by atoms with Gasteiger partial charge in [0, 0.05) is 22.2 Å². The number of nitrogens with one attached hydrogen (secondary N) is 1. The van der Waals surface area contributed by atoms with E-state index >= 15 is 0 Å². The van der Waals surface area contributed by atoms with Crippen molar-refractivity contribution in [2.45, 2.75) is 32.4 Å². The Labute approximate surface area is 93.4 Å². The molecule has 1 fully saturated rings. The number of cyclic esters (lactones) is 1. The molecular weight excluding hydrogens is 210 g/mol. The molecule has 0 aliphatic carbocycles. The number of ether oxygens (including phenoxy) is 1. The summed E-state index contributed by atoms with van der Waals surface area (Å²) in [6.45, 7) is 4.72. The van der Waals surface area contributed by atoms with Crippen molar-refractivity contribution >= 4 is 17.3 Å². The van der Waals surface area contributed by atoms with Crippen LogP contribution in [0.4, 0.5) is 0 Å². The molecule has 0 spiro atoms. The summed E-state index contributed by atoms with van der Waals surface area (Å²) >= 11 is 1.77. The standard InChI is InChI=1S/C11H15NO2S/c1-7-3-4-10(15-7)8(2)12-9-5-6-14-11(9)13/h3-4,8-9,12H,5-6H2,1-2H3. The summed E-state index contributed by atoms with van der Waals surface area (Å²) in [4.78, 5) is 13.8. The molecule has 0 saturated carbocycles. The van der Waals surface area contributed by atoms with E-state index in [-0.39, 0.29) is 18.1 Å². The molecule has 2 atom stereocenters. The molecule has 0 aromatic carbocycles. The summed E-state index contributed by atoms with van der Waals surface area (Å²) in [6.07, 6.45) is 0.785.